The minimum absolute atomic E-state index is 0.102. The Bertz CT molecular complexity index is 615. The average Bonchev–Trinajstić information content (AvgIpc) is 2.55. The van der Waals surface area contributed by atoms with E-state index in [1.807, 2.05) is 17.0 Å². The summed E-state index contributed by atoms with van der Waals surface area (Å²) in [6, 6.07) is 6.71. The molecule has 2 aliphatic rings. The monoisotopic (exact) mass is 333 g/mol. The Morgan fingerprint density at radius 2 is 2.04 bits per heavy atom. The first-order valence-corrected chi connectivity index (χ1v) is 8.33. The fourth-order valence-corrected chi connectivity index (χ4v) is 3.65. The molecule has 2 aliphatic heterocycles. The van der Waals surface area contributed by atoms with Gasteiger partial charge in [-0.15, -0.1) is 0 Å². The molecule has 1 aromatic rings. The van der Waals surface area contributed by atoms with Crippen molar-refractivity contribution < 1.29 is 14.5 Å². The molecule has 2 heterocycles. The summed E-state index contributed by atoms with van der Waals surface area (Å²) in [6.07, 6.45) is 1.93. The van der Waals surface area contributed by atoms with Gasteiger partial charge in [0.05, 0.1) is 23.7 Å². The molecule has 1 atom stereocenters. The smallest absolute Gasteiger partial charge is 0.269 e. The summed E-state index contributed by atoms with van der Waals surface area (Å²) >= 11 is 0. The lowest BCUT2D eigenvalue weighted by Crippen LogP contribution is -2.60. The topological polar surface area (TPSA) is 75.9 Å². The molecule has 0 aliphatic carbocycles. The first-order chi connectivity index (χ1) is 11.5. The van der Waals surface area contributed by atoms with E-state index in [4.69, 9.17) is 4.74 Å². The van der Waals surface area contributed by atoms with Crippen LogP contribution in [-0.2, 0) is 16.1 Å². The predicted molar refractivity (Wildman–Crippen MR) is 88.5 cm³/mol. The highest BCUT2D eigenvalue weighted by Crippen LogP contribution is 2.29. The van der Waals surface area contributed by atoms with Gasteiger partial charge in [-0.2, -0.15) is 0 Å². The SMILES string of the molecule is CC(=O)N1CCCC2(CN(Cc3ccc([N+](=O)[O-])cc3)CCO2)C1. The summed E-state index contributed by atoms with van der Waals surface area (Å²) in [5.41, 5.74) is 0.890. The number of hydrogen-bond acceptors (Lipinski definition) is 5. The van der Waals surface area contributed by atoms with Gasteiger partial charge < -0.3 is 9.64 Å². The Morgan fingerprint density at radius 3 is 2.71 bits per heavy atom. The summed E-state index contributed by atoms with van der Waals surface area (Å²) in [5.74, 6) is 0.102. The number of nitro groups is 1. The third-order valence-electron chi connectivity index (χ3n) is 4.87. The molecule has 1 spiro atoms. The highest BCUT2D eigenvalue weighted by atomic mass is 16.6. The van der Waals surface area contributed by atoms with E-state index in [-0.39, 0.29) is 22.1 Å². The zero-order chi connectivity index (χ0) is 17.2. The Labute approximate surface area is 141 Å². The number of nitrogens with zero attached hydrogens (tertiary/aromatic N) is 3. The van der Waals surface area contributed by atoms with Gasteiger partial charge >= 0.3 is 0 Å². The zero-order valence-electron chi connectivity index (χ0n) is 13.9. The number of amides is 1. The summed E-state index contributed by atoms with van der Waals surface area (Å²) in [6.45, 7) is 6.08. The van der Waals surface area contributed by atoms with Crippen LogP contribution in [-0.4, -0.2) is 59.0 Å². The van der Waals surface area contributed by atoms with Crippen LogP contribution >= 0.6 is 0 Å². The lowest BCUT2D eigenvalue weighted by Gasteiger charge is -2.48. The summed E-state index contributed by atoms with van der Waals surface area (Å²) in [4.78, 5) is 26.2. The van der Waals surface area contributed by atoms with Crippen molar-refractivity contribution in [3.8, 4) is 0 Å². The first kappa shape index (κ1) is 16.9. The third kappa shape index (κ3) is 3.73. The second-order valence-electron chi connectivity index (χ2n) is 6.71. The minimum atomic E-state index is -0.383. The van der Waals surface area contributed by atoms with Crippen LogP contribution in [0.3, 0.4) is 0 Å². The summed E-state index contributed by atoms with van der Waals surface area (Å²) < 4.78 is 6.08. The molecule has 2 saturated heterocycles. The molecule has 0 N–H and O–H groups in total. The molecule has 3 rings (SSSR count). The average molecular weight is 333 g/mol. The molecule has 2 fully saturated rings. The van der Waals surface area contributed by atoms with E-state index in [1.54, 1.807) is 19.1 Å². The van der Waals surface area contributed by atoms with Crippen LogP contribution < -0.4 is 0 Å². The van der Waals surface area contributed by atoms with Crippen LogP contribution in [0.15, 0.2) is 24.3 Å². The van der Waals surface area contributed by atoms with Crippen molar-refractivity contribution in [2.24, 2.45) is 0 Å². The van der Waals surface area contributed by atoms with Crippen LogP contribution in [0.5, 0.6) is 0 Å². The van der Waals surface area contributed by atoms with Crippen molar-refractivity contribution >= 4 is 11.6 Å². The molecule has 1 amide bonds. The van der Waals surface area contributed by atoms with Gasteiger partial charge in [-0.25, -0.2) is 0 Å². The second-order valence-corrected chi connectivity index (χ2v) is 6.71. The number of carbonyl (C=O) groups excluding carboxylic acids is 1. The molecule has 0 saturated carbocycles. The number of carbonyl (C=O) groups is 1. The second kappa shape index (κ2) is 6.86. The molecule has 1 unspecified atom stereocenters. The van der Waals surface area contributed by atoms with Crippen molar-refractivity contribution in [1.29, 1.82) is 0 Å². The molecule has 1 aromatic carbocycles. The maximum absolute atomic E-state index is 11.7. The highest BCUT2D eigenvalue weighted by molar-refractivity contribution is 5.73. The number of nitro benzene ring substituents is 1. The summed E-state index contributed by atoms with van der Waals surface area (Å²) in [7, 11) is 0. The quantitative estimate of drug-likeness (QED) is 0.623. The maximum atomic E-state index is 11.7. The number of non-ortho nitro benzene ring substituents is 1. The standard InChI is InChI=1S/C17H23N3O4/c1-14(21)19-8-2-7-17(13-19)12-18(9-10-24-17)11-15-3-5-16(6-4-15)20(22)23/h3-6H,2,7-13H2,1H3. The molecule has 7 heteroatoms. The van der Waals surface area contributed by atoms with Gasteiger partial charge in [-0.05, 0) is 18.4 Å². The van der Waals surface area contributed by atoms with E-state index in [0.717, 1.165) is 44.6 Å². The molecule has 130 valence electrons. The van der Waals surface area contributed by atoms with E-state index < -0.39 is 0 Å². The maximum Gasteiger partial charge on any atom is 0.269 e. The van der Waals surface area contributed by atoms with Gasteiger partial charge in [-0.1, -0.05) is 12.1 Å². The van der Waals surface area contributed by atoms with Crippen LogP contribution in [0.2, 0.25) is 0 Å². The van der Waals surface area contributed by atoms with Crippen molar-refractivity contribution in [3.05, 3.63) is 39.9 Å². The molecular weight excluding hydrogens is 310 g/mol. The van der Waals surface area contributed by atoms with E-state index in [2.05, 4.69) is 4.90 Å². The number of benzene rings is 1. The minimum Gasteiger partial charge on any atom is -0.370 e. The molecule has 7 nitrogen and oxygen atoms in total. The van der Waals surface area contributed by atoms with Crippen molar-refractivity contribution in [2.45, 2.75) is 31.9 Å². The van der Waals surface area contributed by atoms with Gasteiger partial charge in [0.15, 0.2) is 0 Å². The van der Waals surface area contributed by atoms with Gasteiger partial charge in [0.2, 0.25) is 5.91 Å². The Balaban J connectivity index is 1.65. The molecule has 0 bridgehead atoms. The Kier molecular flexibility index (Phi) is 4.82. The highest BCUT2D eigenvalue weighted by Gasteiger charge is 2.41. The van der Waals surface area contributed by atoms with E-state index in [0.29, 0.717) is 13.2 Å². The predicted octanol–water partition coefficient (Wildman–Crippen LogP) is 1.81. The Hall–Kier alpha value is -1.99. The normalized spacial score (nSPS) is 25.0. The van der Waals surface area contributed by atoms with E-state index in [9.17, 15) is 14.9 Å². The molecule has 0 radical (unpaired) electrons. The third-order valence-corrected chi connectivity index (χ3v) is 4.87. The van der Waals surface area contributed by atoms with Crippen LogP contribution in [0.4, 0.5) is 5.69 Å². The van der Waals surface area contributed by atoms with Crippen LogP contribution in [0.1, 0.15) is 25.3 Å². The number of piperidine rings is 1. The van der Waals surface area contributed by atoms with Crippen molar-refractivity contribution in [1.82, 2.24) is 9.80 Å². The first-order valence-electron chi connectivity index (χ1n) is 8.33. The van der Waals surface area contributed by atoms with E-state index >= 15 is 0 Å². The van der Waals surface area contributed by atoms with Gasteiger partial charge in [0.25, 0.3) is 5.69 Å². The van der Waals surface area contributed by atoms with Crippen LogP contribution in [0.25, 0.3) is 0 Å². The lowest BCUT2D eigenvalue weighted by atomic mass is 9.90. The Morgan fingerprint density at radius 1 is 1.29 bits per heavy atom. The number of hydrogen-bond donors (Lipinski definition) is 0. The number of ether oxygens (including phenoxy) is 1. The summed E-state index contributed by atoms with van der Waals surface area (Å²) in [5, 5.41) is 10.7. The van der Waals surface area contributed by atoms with Gasteiger partial charge in [0, 0.05) is 45.2 Å². The fraction of sp³-hybridized carbons (Fsp3) is 0.588. The number of rotatable bonds is 3. The molecule has 24 heavy (non-hydrogen) atoms. The molecular formula is C17H23N3O4. The zero-order valence-corrected chi connectivity index (χ0v) is 13.9. The number of morpholine rings is 1. The van der Waals surface area contributed by atoms with Crippen molar-refractivity contribution in [3.63, 3.8) is 0 Å². The van der Waals surface area contributed by atoms with Gasteiger partial charge in [-0.3, -0.25) is 19.8 Å². The molecule has 0 aromatic heterocycles. The lowest BCUT2D eigenvalue weighted by molar-refractivity contribution is -0.384. The van der Waals surface area contributed by atoms with Gasteiger partial charge in [0.1, 0.15) is 0 Å². The number of likely N-dealkylation sites (tertiary alicyclic amines) is 1. The van der Waals surface area contributed by atoms with Crippen LogP contribution in [0, 0.1) is 10.1 Å². The fourth-order valence-electron chi connectivity index (χ4n) is 3.65. The van der Waals surface area contributed by atoms with Crippen molar-refractivity contribution in [2.75, 3.05) is 32.8 Å². The van der Waals surface area contributed by atoms with E-state index in [1.165, 1.54) is 0 Å². The largest absolute Gasteiger partial charge is 0.370 e.